The topological polar surface area (TPSA) is 78.4 Å². The molecule has 2 aromatic heterocycles. The van der Waals surface area contributed by atoms with E-state index in [-0.39, 0.29) is 18.0 Å². The molecular formula is C24H24BrF2N5O2S4. The predicted molar refractivity (Wildman–Crippen MR) is 160 cm³/mol. The van der Waals surface area contributed by atoms with Crippen molar-refractivity contribution in [2.24, 2.45) is 0 Å². The molecule has 1 aliphatic heterocycles. The Morgan fingerprint density at radius 3 is 2.26 bits per heavy atom. The van der Waals surface area contributed by atoms with Gasteiger partial charge in [-0.3, -0.25) is 14.8 Å². The average Bonchev–Trinajstić information content (AvgIpc) is 2.92. The highest BCUT2D eigenvalue weighted by Gasteiger charge is 2.28. The molecule has 3 aromatic rings. The van der Waals surface area contributed by atoms with Gasteiger partial charge in [-0.25, -0.2) is 13.6 Å². The number of halogens is 3. The predicted octanol–water partition coefficient (Wildman–Crippen LogP) is 7.01. The van der Waals surface area contributed by atoms with Crippen molar-refractivity contribution >= 4 is 76.5 Å². The lowest BCUT2D eigenvalue weighted by atomic mass is 10.0. The largest absolute Gasteiger partial charge is 0.338 e. The molecule has 1 aromatic carbocycles. The van der Waals surface area contributed by atoms with Gasteiger partial charge in [-0.05, 0) is 78.8 Å². The zero-order valence-electron chi connectivity index (χ0n) is 20.1. The van der Waals surface area contributed by atoms with Gasteiger partial charge in [-0.15, -0.1) is 0 Å². The fourth-order valence-corrected chi connectivity index (χ4v) is 4.25. The summed E-state index contributed by atoms with van der Waals surface area (Å²) in [5.74, 6) is -1.45. The van der Waals surface area contributed by atoms with E-state index in [9.17, 15) is 18.4 Å². The van der Waals surface area contributed by atoms with Gasteiger partial charge in [0.05, 0.1) is 23.1 Å². The number of piperidine rings is 1. The van der Waals surface area contributed by atoms with Crippen molar-refractivity contribution < 1.29 is 18.4 Å². The van der Waals surface area contributed by atoms with Gasteiger partial charge in [0.25, 0.3) is 5.91 Å². The number of nitrogens with zero attached hydrogens (tertiary/aromatic N) is 4. The molecule has 1 saturated heterocycles. The summed E-state index contributed by atoms with van der Waals surface area (Å²) in [6.45, 7) is 1.07. The first-order valence-electron chi connectivity index (χ1n) is 11.2. The Labute approximate surface area is 245 Å². The number of carbonyl (C=O) groups is 2. The van der Waals surface area contributed by atoms with E-state index in [2.05, 4.69) is 54.5 Å². The van der Waals surface area contributed by atoms with Crippen LogP contribution in [0, 0.1) is 11.6 Å². The molecule has 0 radical (unpaired) electrons. The number of hydrogen-bond donors (Lipinski definition) is 3. The minimum absolute atomic E-state index is 0.0211. The molecule has 3 amide bonds. The number of anilines is 1. The highest BCUT2D eigenvalue weighted by Crippen LogP contribution is 2.27. The molecule has 202 valence electrons. The standard InChI is InChI=1S/C24H22BrF2N5O2.H2S4/c1-31(21-4-6-32(7-5-21)23(33)16-8-17(25)13-28-12-16)24(34)30-20-2-3-22(29-14-20)15-9-18(26)11-19(27)10-15;1-3-4-2/h2-3,8-14,21H,4-7H2,1H3,(H,30,34);1-2H. The number of hydrogen-bond acceptors (Lipinski definition) is 8. The van der Waals surface area contributed by atoms with E-state index in [1.54, 1.807) is 47.4 Å². The van der Waals surface area contributed by atoms with Crippen molar-refractivity contribution in [2.75, 3.05) is 25.5 Å². The number of pyridine rings is 2. The second kappa shape index (κ2) is 15.0. The number of thiol groups is 2. The molecule has 0 saturated carbocycles. The number of rotatable bonds is 5. The van der Waals surface area contributed by atoms with Crippen LogP contribution in [0.5, 0.6) is 0 Å². The molecule has 0 spiro atoms. The smallest absolute Gasteiger partial charge is 0.321 e. The summed E-state index contributed by atoms with van der Waals surface area (Å²) in [5, 5.41) is 2.79. The third-order valence-electron chi connectivity index (χ3n) is 5.78. The summed E-state index contributed by atoms with van der Waals surface area (Å²) in [6.07, 6.45) is 5.92. The lowest BCUT2D eigenvalue weighted by Crippen LogP contribution is -2.48. The molecule has 0 bridgehead atoms. The number of amides is 3. The molecule has 3 heterocycles. The second-order valence-corrected chi connectivity index (χ2v) is 13.0. The average molecular weight is 661 g/mol. The molecule has 7 nitrogen and oxygen atoms in total. The van der Waals surface area contributed by atoms with Gasteiger partial charge in [-0.1, -0.05) is 23.3 Å². The van der Waals surface area contributed by atoms with E-state index in [1.165, 1.54) is 38.0 Å². The zero-order valence-corrected chi connectivity index (χ0v) is 25.1. The summed E-state index contributed by atoms with van der Waals surface area (Å²) in [5.41, 5.74) is 1.69. The normalized spacial score (nSPS) is 13.4. The van der Waals surface area contributed by atoms with Crippen molar-refractivity contribution in [3.63, 3.8) is 0 Å². The Morgan fingerprint density at radius 1 is 1.05 bits per heavy atom. The molecule has 38 heavy (non-hydrogen) atoms. The highest BCUT2D eigenvalue weighted by atomic mass is 79.9. The maximum absolute atomic E-state index is 13.4. The Morgan fingerprint density at radius 2 is 1.71 bits per heavy atom. The maximum Gasteiger partial charge on any atom is 0.321 e. The summed E-state index contributed by atoms with van der Waals surface area (Å²) in [7, 11) is 4.38. The maximum atomic E-state index is 13.4. The van der Waals surface area contributed by atoms with Crippen LogP contribution in [0.3, 0.4) is 0 Å². The van der Waals surface area contributed by atoms with Gasteiger partial charge in [0.1, 0.15) is 11.6 Å². The van der Waals surface area contributed by atoms with Crippen molar-refractivity contribution in [1.29, 1.82) is 0 Å². The number of nitrogens with one attached hydrogen (secondary N) is 1. The van der Waals surface area contributed by atoms with Crippen LogP contribution in [-0.2, 0) is 0 Å². The van der Waals surface area contributed by atoms with Gasteiger partial charge in [-0.2, -0.15) is 0 Å². The van der Waals surface area contributed by atoms with Crippen LogP contribution in [0.1, 0.15) is 23.2 Å². The van der Waals surface area contributed by atoms with Gasteiger partial charge >= 0.3 is 6.03 Å². The van der Waals surface area contributed by atoms with E-state index in [0.29, 0.717) is 48.4 Å². The first-order valence-corrected chi connectivity index (χ1v) is 16.2. The molecule has 0 aliphatic carbocycles. The van der Waals surface area contributed by atoms with Crippen LogP contribution < -0.4 is 5.32 Å². The SMILES string of the molecule is CN(C(=O)Nc1ccc(-c2cc(F)cc(F)c2)nc1)C1CCN(C(=O)c2cncc(Br)c2)CC1.SSSS. The molecule has 0 atom stereocenters. The first-order chi connectivity index (χ1) is 18.2. The molecule has 14 heteroatoms. The Balaban J connectivity index is 0.000000934. The summed E-state index contributed by atoms with van der Waals surface area (Å²) >= 11 is 10.8. The molecular weight excluding hydrogens is 636 g/mol. The first kappa shape index (κ1) is 30.5. The number of aromatic nitrogens is 2. The van der Waals surface area contributed by atoms with Crippen LogP contribution in [-0.4, -0.2) is 57.9 Å². The van der Waals surface area contributed by atoms with Crippen LogP contribution >= 0.6 is 58.9 Å². The molecule has 1 N–H and O–H groups in total. The number of carbonyl (C=O) groups excluding carboxylic acids is 2. The third-order valence-corrected chi connectivity index (χ3v) is 8.88. The van der Waals surface area contributed by atoms with Gasteiger partial charge < -0.3 is 15.1 Å². The van der Waals surface area contributed by atoms with E-state index in [4.69, 9.17) is 0 Å². The van der Waals surface area contributed by atoms with Crippen molar-refractivity contribution in [2.45, 2.75) is 18.9 Å². The highest BCUT2D eigenvalue weighted by molar-refractivity contribution is 9.21. The Kier molecular flexibility index (Phi) is 12.0. The fourth-order valence-electron chi connectivity index (χ4n) is 3.89. The molecule has 1 aliphatic rings. The quantitative estimate of drug-likeness (QED) is 0.202. The minimum Gasteiger partial charge on any atom is -0.338 e. The number of likely N-dealkylation sites (tertiary alicyclic amines) is 1. The number of urea groups is 1. The van der Waals surface area contributed by atoms with Gasteiger partial charge in [0.2, 0.25) is 0 Å². The lowest BCUT2D eigenvalue weighted by molar-refractivity contribution is 0.0670. The number of benzene rings is 1. The van der Waals surface area contributed by atoms with E-state index in [0.717, 1.165) is 10.5 Å². The molecule has 4 rings (SSSR count). The summed E-state index contributed by atoms with van der Waals surface area (Å²) < 4.78 is 27.6. The van der Waals surface area contributed by atoms with E-state index in [1.807, 2.05) is 0 Å². The van der Waals surface area contributed by atoms with Gasteiger partial charge in [0.15, 0.2) is 0 Å². The summed E-state index contributed by atoms with van der Waals surface area (Å²) in [4.78, 5) is 37.1. The minimum atomic E-state index is -0.683. The van der Waals surface area contributed by atoms with Crippen LogP contribution in [0.25, 0.3) is 11.3 Å². The van der Waals surface area contributed by atoms with Crippen LogP contribution in [0.15, 0.2) is 59.5 Å². The van der Waals surface area contributed by atoms with Crippen LogP contribution in [0.4, 0.5) is 19.3 Å². The van der Waals surface area contributed by atoms with Crippen molar-refractivity contribution in [3.8, 4) is 11.3 Å². The van der Waals surface area contributed by atoms with Crippen molar-refractivity contribution in [1.82, 2.24) is 19.8 Å². The molecule has 1 fully saturated rings. The zero-order chi connectivity index (χ0) is 27.7. The Bertz CT molecular complexity index is 1230. The summed E-state index contributed by atoms with van der Waals surface area (Å²) in [6, 6.07) is 7.83. The monoisotopic (exact) mass is 659 g/mol. The van der Waals surface area contributed by atoms with E-state index < -0.39 is 11.6 Å². The van der Waals surface area contributed by atoms with Crippen molar-refractivity contribution in [3.05, 3.63) is 76.7 Å². The third kappa shape index (κ3) is 8.76. The van der Waals surface area contributed by atoms with Gasteiger partial charge in [0, 0.05) is 54.7 Å². The Hall–Kier alpha value is -2.00. The lowest BCUT2D eigenvalue weighted by Gasteiger charge is -2.36. The second-order valence-electron chi connectivity index (χ2n) is 8.20. The van der Waals surface area contributed by atoms with E-state index >= 15 is 0 Å². The molecule has 0 unspecified atom stereocenters. The van der Waals surface area contributed by atoms with Crippen LogP contribution in [0.2, 0.25) is 0 Å². The fraction of sp³-hybridized carbons (Fsp3) is 0.250.